The predicted molar refractivity (Wildman–Crippen MR) is 137 cm³/mol. The summed E-state index contributed by atoms with van der Waals surface area (Å²) in [5.74, 6) is 0. The smallest absolute Gasteiger partial charge is 0.0708 e. The van der Waals surface area contributed by atoms with E-state index in [9.17, 15) is 0 Å². The maximum atomic E-state index is 4.92. The third-order valence-electron chi connectivity index (χ3n) is 6.66. The lowest BCUT2D eigenvalue weighted by atomic mass is 9.89. The molecule has 1 heterocycles. The van der Waals surface area contributed by atoms with Crippen molar-refractivity contribution in [2.75, 3.05) is 0 Å². The van der Waals surface area contributed by atoms with Crippen molar-refractivity contribution in [2.24, 2.45) is 0 Å². The van der Waals surface area contributed by atoms with Crippen LogP contribution in [-0.2, 0) is 0 Å². The van der Waals surface area contributed by atoms with Gasteiger partial charge in [-0.3, -0.25) is 4.98 Å². The van der Waals surface area contributed by atoms with Crippen LogP contribution in [0.5, 0.6) is 0 Å². The first-order valence-electron chi connectivity index (χ1n) is 11.0. The largest absolute Gasteiger partial charge is 0.256 e. The Morgan fingerprint density at radius 2 is 0.969 bits per heavy atom. The summed E-state index contributed by atoms with van der Waals surface area (Å²) < 4.78 is 0. The molecule has 1 nitrogen and oxygen atoms in total. The van der Waals surface area contributed by atoms with Gasteiger partial charge >= 0.3 is 0 Å². The van der Waals surface area contributed by atoms with E-state index >= 15 is 0 Å². The molecule has 0 amide bonds. The molecule has 0 bridgehead atoms. The summed E-state index contributed by atoms with van der Waals surface area (Å²) in [6.07, 6.45) is 2.08. The molecule has 7 aromatic rings. The third-order valence-corrected chi connectivity index (χ3v) is 6.66. The van der Waals surface area contributed by atoms with Gasteiger partial charge < -0.3 is 0 Å². The van der Waals surface area contributed by atoms with Gasteiger partial charge in [0.05, 0.1) is 5.69 Å². The molecule has 0 aliphatic carbocycles. The highest BCUT2D eigenvalue weighted by Gasteiger charge is 2.15. The molecule has 0 saturated heterocycles. The highest BCUT2D eigenvalue weighted by atomic mass is 14.7. The van der Waals surface area contributed by atoms with E-state index in [2.05, 4.69) is 109 Å². The standard InChI is InChI=1S/C31H19N/c1-2-10-22(11-3-1)29-18-27-28(19-32-29)31-24-13-7-5-9-21(24)15-17-26(31)25-16-14-20-8-4-6-12-23(20)30(25)27/h1-19H. The van der Waals surface area contributed by atoms with Crippen LogP contribution in [0.15, 0.2) is 115 Å². The lowest BCUT2D eigenvalue weighted by molar-refractivity contribution is 1.36. The van der Waals surface area contributed by atoms with Crippen molar-refractivity contribution in [2.45, 2.75) is 0 Å². The third kappa shape index (κ3) is 2.42. The number of hydrogen-bond acceptors (Lipinski definition) is 1. The van der Waals surface area contributed by atoms with Crippen molar-refractivity contribution in [1.82, 2.24) is 4.98 Å². The molecular weight excluding hydrogens is 386 g/mol. The van der Waals surface area contributed by atoms with Gasteiger partial charge in [-0.15, -0.1) is 0 Å². The van der Waals surface area contributed by atoms with Crippen LogP contribution in [0, 0.1) is 0 Å². The first-order chi connectivity index (χ1) is 15.9. The average Bonchev–Trinajstić information content (AvgIpc) is 2.88. The van der Waals surface area contributed by atoms with Gasteiger partial charge in [0.2, 0.25) is 0 Å². The number of fused-ring (bicyclic) bond motifs is 10. The molecule has 0 fully saturated rings. The molecule has 1 aromatic heterocycles. The number of hydrogen-bond donors (Lipinski definition) is 0. The maximum absolute atomic E-state index is 4.92. The van der Waals surface area contributed by atoms with E-state index in [0.717, 1.165) is 11.3 Å². The zero-order valence-corrected chi connectivity index (χ0v) is 17.4. The second-order valence-corrected chi connectivity index (χ2v) is 8.40. The van der Waals surface area contributed by atoms with E-state index in [4.69, 9.17) is 4.98 Å². The van der Waals surface area contributed by atoms with Gasteiger partial charge in [0.15, 0.2) is 0 Å². The number of rotatable bonds is 1. The first-order valence-corrected chi connectivity index (χ1v) is 11.0. The minimum absolute atomic E-state index is 1.01. The molecule has 6 aromatic carbocycles. The van der Waals surface area contributed by atoms with Gasteiger partial charge in [-0.05, 0) is 54.5 Å². The maximum Gasteiger partial charge on any atom is 0.0708 e. The van der Waals surface area contributed by atoms with Crippen LogP contribution < -0.4 is 0 Å². The second-order valence-electron chi connectivity index (χ2n) is 8.40. The molecule has 0 saturated carbocycles. The quantitative estimate of drug-likeness (QED) is 0.249. The van der Waals surface area contributed by atoms with Crippen molar-refractivity contribution in [3.8, 4) is 11.3 Å². The Balaban J connectivity index is 1.78. The van der Waals surface area contributed by atoms with Crippen LogP contribution >= 0.6 is 0 Å². The molecule has 7 rings (SSSR count). The molecule has 1 heteroatoms. The number of nitrogens with zero attached hydrogens (tertiary/aromatic N) is 1. The van der Waals surface area contributed by atoms with Crippen LogP contribution in [-0.4, -0.2) is 4.98 Å². The van der Waals surface area contributed by atoms with Crippen molar-refractivity contribution < 1.29 is 0 Å². The zero-order valence-electron chi connectivity index (χ0n) is 17.4. The molecule has 148 valence electrons. The Hall–Kier alpha value is -4.23. The van der Waals surface area contributed by atoms with Gasteiger partial charge in [-0.25, -0.2) is 0 Å². The molecule has 0 unspecified atom stereocenters. The number of aromatic nitrogens is 1. The lowest BCUT2D eigenvalue weighted by Crippen LogP contribution is -1.90. The SMILES string of the molecule is c1ccc(-c2cc3c(cn2)c2c4ccccc4ccc2c2ccc4ccccc4c23)cc1. The summed E-state index contributed by atoms with van der Waals surface area (Å²) in [5, 5.41) is 12.7. The summed E-state index contributed by atoms with van der Waals surface area (Å²) >= 11 is 0. The Kier molecular flexibility index (Phi) is 3.62. The molecule has 0 aliphatic rings. The van der Waals surface area contributed by atoms with Gasteiger partial charge in [0.1, 0.15) is 0 Å². The average molecular weight is 406 g/mol. The minimum Gasteiger partial charge on any atom is -0.256 e. The Morgan fingerprint density at radius 1 is 0.406 bits per heavy atom. The lowest BCUT2D eigenvalue weighted by Gasteiger charge is -2.15. The molecule has 0 aliphatic heterocycles. The van der Waals surface area contributed by atoms with Crippen molar-refractivity contribution in [3.63, 3.8) is 0 Å². The van der Waals surface area contributed by atoms with E-state index < -0.39 is 0 Å². The van der Waals surface area contributed by atoms with Crippen LogP contribution in [0.1, 0.15) is 0 Å². The fourth-order valence-electron chi connectivity index (χ4n) is 5.20. The predicted octanol–water partition coefficient (Wildman–Crippen LogP) is 8.51. The van der Waals surface area contributed by atoms with E-state index in [1.165, 1.54) is 53.9 Å². The van der Waals surface area contributed by atoms with Crippen LogP contribution in [0.2, 0.25) is 0 Å². The monoisotopic (exact) mass is 405 g/mol. The van der Waals surface area contributed by atoms with Crippen LogP contribution in [0.3, 0.4) is 0 Å². The van der Waals surface area contributed by atoms with E-state index in [1.54, 1.807) is 0 Å². The van der Waals surface area contributed by atoms with E-state index in [-0.39, 0.29) is 0 Å². The highest BCUT2D eigenvalue weighted by Crippen LogP contribution is 2.42. The molecule has 32 heavy (non-hydrogen) atoms. The summed E-state index contributed by atoms with van der Waals surface area (Å²) in [6, 6.07) is 39.1. The molecular formula is C31H19N. The van der Waals surface area contributed by atoms with Crippen molar-refractivity contribution in [1.29, 1.82) is 0 Å². The highest BCUT2D eigenvalue weighted by molar-refractivity contribution is 6.35. The summed E-state index contributed by atoms with van der Waals surface area (Å²) in [5.41, 5.74) is 2.15. The Labute approximate surface area is 185 Å². The Morgan fingerprint density at radius 3 is 1.62 bits per heavy atom. The van der Waals surface area contributed by atoms with Gasteiger partial charge in [-0.2, -0.15) is 0 Å². The fraction of sp³-hybridized carbons (Fsp3) is 0. The summed E-state index contributed by atoms with van der Waals surface area (Å²) in [7, 11) is 0. The van der Waals surface area contributed by atoms with Gasteiger partial charge in [-0.1, -0.05) is 103 Å². The molecule has 0 atom stereocenters. The van der Waals surface area contributed by atoms with Crippen LogP contribution in [0.25, 0.3) is 65.1 Å². The molecule has 0 spiro atoms. The second kappa shape index (κ2) is 6.63. The van der Waals surface area contributed by atoms with E-state index in [0.29, 0.717) is 0 Å². The number of pyridine rings is 1. The Bertz CT molecular complexity index is 1810. The zero-order chi connectivity index (χ0) is 21.1. The molecule has 0 radical (unpaired) electrons. The van der Waals surface area contributed by atoms with Gasteiger partial charge in [0, 0.05) is 17.1 Å². The van der Waals surface area contributed by atoms with Crippen molar-refractivity contribution in [3.05, 3.63) is 115 Å². The van der Waals surface area contributed by atoms with Gasteiger partial charge in [0.25, 0.3) is 0 Å². The summed E-state index contributed by atoms with van der Waals surface area (Å²) in [4.78, 5) is 4.92. The molecule has 0 N–H and O–H groups in total. The van der Waals surface area contributed by atoms with Crippen molar-refractivity contribution >= 4 is 53.9 Å². The van der Waals surface area contributed by atoms with Crippen LogP contribution in [0.4, 0.5) is 0 Å². The topological polar surface area (TPSA) is 12.9 Å². The first kappa shape index (κ1) is 17.5. The van der Waals surface area contributed by atoms with E-state index in [1.807, 2.05) is 6.07 Å². The normalized spacial score (nSPS) is 11.8. The number of benzene rings is 6. The fourth-order valence-corrected chi connectivity index (χ4v) is 5.20. The summed E-state index contributed by atoms with van der Waals surface area (Å²) in [6.45, 7) is 0. The minimum atomic E-state index is 1.01.